The maximum absolute atomic E-state index is 12.5. The molecule has 1 atom stereocenters. The summed E-state index contributed by atoms with van der Waals surface area (Å²) < 4.78 is 3.41. The van der Waals surface area contributed by atoms with Gasteiger partial charge in [0.05, 0.1) is 11.3 Å². The van der Waals surface area contributed by atoms with Crippen LogP contribution in [0.4, 0.5) is 0 Å². The first-order chi connectivity index (χ1) is 12.4. The first kappa shape index (κ1) is 17.0. The molecule has 0 spiro atoms. The van der Waals surface area contributed by atoms with Crippen molar-refractivity contribution < 1.29 is 9.90 Å². The molecule has 2 aromatic rings. The molecule has 4 rings (SSSR count). The topological polar surface area (TPSA) is 93.2 Å². The smallest absolute Gasteiger partial charge is 0.356 e. The molecule has 0 saturated heterocycles. The Hall–Kier alpha value is -2.48. The van der Waals surface area contributed by atoms with E-state index in [-0.39, 0.29) is 17.3 Å². The van der Waals surface area contributed by atoms with E-state index in [1.54, 1.807) is 11.6 Å². The zero-order chi connectivity index (χ0) is 18.6. The van der Waals surface area contributed by atoms with Crippen LogP contribution in [0.1, 0.15) is 52.2 Å². The number of carboxylic acids is 1. The van der Waals surface area contributed by atoms with Crippen molar-refractivity contribution in [3.05, 3.63) is 44.4 Å². The third kappa shape index (κ3) is 2.47. The van der Waals surface area contributed by atoms with Crippen LogP contribution < -0.4 is 5.56 Å². The molecule has 0 saturated carbocycles. The van der Waals surface area contributed by atoms with Gasteiger partial charge >= 0.3 is 5.97 Å². The zero-order valence-corrected chi connectivity index (χ0v) is 15.3. The van der Waals surface area contributed by atoms with E-state index in [9.17, 15) is 14.7 Å². The lowest BCUT2D eigenvalue weighted by Crippen LogP contribution is -2.36. The van der Waals surface area contributed by atoms with Crippen LogP contribution in [-0.2, 0) is 39.5 Å². The Labute approximate surface area is 151 Å². The van der Waals surface area contributed by atoms with Crippen LogP contribution in [0.15, 0.2) is 4.79 Å². The maximum Gasteiger partial charge on any atom is 0.356 e. The third-order valence-electron chi connectivity index (χ3n) is 5.75. The van der Waals surface area contributed by atoms with Crippen LogP contribution in [0.5, 0.6) is 0 Å². The molecule has 0 fully saturated rings. The van der Waals surface area contributed by atoms with Crippen molar-refractivity contribution in [3.8, 4) is 0 Å². The number of aromatic carboxylic acids is 1. The predicted molar refractivity (Wildman–Crippen MR) is 94.1 cm³/mol. The molecule has 1 aliphatic heterocycles. The number of carbonyl (C=O) groups is 1. The van der Waals surface area contributed by atoms with Gasteiger partial charge in [-0.1, -0.05) is 0 Å². The van der Waals surface area contributed by atoms with Crippen LogP contribution in [0, 0.1) is 6.92 Å². The normalized spacial score (nSPS) is 19.4. The minimum absolute atomic E-state index is 0.0246. The average Bonchev–Trinajstić information content (AvgIpc) is 3.20. The van der Waals surface area contributed by atoms with Crippen molar-refractivity contribution >= 4 is 5.97 Å². The Morgan fingerprint density at radius 2 is 2.08 bits per heavy atom. The highest BCUT2D eigenvalue weighted by molar-refractivity contribution is 5.87. The van der Waals surface area contributed by atoms with Crippen LogP contribution in [-0.4, -0.2) is 41.3 Å². The molecule has 0 bridgehead atoms. The van der Waals surface area contributed by atoms with E-state index in [2.05, 4.69) is 15.0 Å². The summed E-state index contributed by atoms with van der Waals surface area (Å²) in [7, 11) is 1.75. The van der Waals surface area contributed by atoms with E-state index in [4.69, 9.17) is 0 Å². The van der Waals surface area contributed by atoms with Crippen molar-refractivity contribution in [2.24, 2.45) is 7.05 Å². The Balaban J connectivity index is 1.63. The van der Waals surface area contributed by atoms with Crippen LogP contribution in [0.25, 0.3) is 0 Å². The fourth-order valence-electron chi connectivity index (χ4n) is 4.22. The number of aryl methyl sites for hydroxylation is 2. The molecule has 26 heavy (non-hydrogen) atoms. The quantitative estimate of drug-likeness (QED) is 0.876. The van der Waals surface area contributed by atoms with Crippen LogP contribution in [0.2, 0.25) is 0 Å². The van der Waals surface area contributed by atoms with Gasteiger partial charge in [0, 0.05) is 44.0 Å². The van der Waals surface area contributed by atoms with Gasteiger partial charge in [0.15, 0.2) is 5.69 Å². The van der Waals surface area contributed by atoms with E-state index < -0.39 is 5.97 Å². The average molecular weight is 357 g/mol. The van der Waals surface area contributed by atoms with Gasteiger partial charge in [0.25, 0.3) is 5.56 Å². The summed E-state index contributed by atoms with van der Waals surface area (Å²) in [4.78, 5) is 30.9. The standard InChI is InChI=1S/C18H23N5O3/c1-4-23-15-6-5-11(7-12(15)16(20-23)18(25)26)22-8-13-14(9-22)19-10(2)21(3)17(13)24/h11H,4-9H2,1-3H3,(H,25,26)/t11-/m1/s1. The fraction of sp³-hybridized carbons (Fsp3) is 0.556. The summed E-state index contributed by atoms with van der Waals surface area (Å²) in [6.07, 6.45) is 2.40. The van der Waals surface area contributed by atoms with Crippen molar-refractivity contribution in [2.75, 3.05) is 0 Å². The van der Waals surface area contributed by atoms with Gasteiger partial charge in [-0.3, -0.25) is 18.9 Å². The van der Waals surface area contributed by atoms with E-state index in [0.29, 0.717) is 26.1 Å². The van der Waals surface area contributed by atoms with E-state index in [1.165, 1.54) is 0 Å². The Kier molecular flexibility index (Phi) is 3.95. The lowest BCUT2D eigenvalue weighted by molar-refractivity contribution is 0.0687. The van der Waals surface area contributed by atoms with Gasteiger partial charge in [-0.05, 0) is 33.1 Å². The number of rotatable bonds is 3. The molecule has 1 aliphatic carbocycles. The Morgan fingerprint density at radius 1 is 1.31 bits per heavy atom. The summed E-state index contributed by atoms with van der Waals surface area (Å²) in [6, 6.07) is 0.203. The summed E-state index contributed by atoms with van der Waals surface area (Å²) >= 11 is 0. The summed E-state index contributed by atoms with van der Waals surface area (Å²) in [5.74, 6) is -0.246. The lowest BCUT2D eigenvalue weighted by atomic mass is 9.90. The molecular weight excluding hydrogens is 334 g/mol. The molecule has 2 aromatic heterocycles. The maximum atomic E-state index is 12.5. The van der Waals surface area contributed by atoms with Gasteiger partial charge in [0.2, 0.25) is 0 Å². The molecule has 0 unspecified atom stereocenters. The molecule has 2 aliphatic rings. The minimum Gasteiger partial charge on any atom is -0.476 e. The molecule has 3 heterocycles. The molecule has 138 valence electrons. The van der Waals surface area contributed by atoms with E-state index >= 15 is 0 Å². The SMILES string of the molecule is CCn1nc(C(=O)O)c2c1CC[C@@H](N1Cc3nc(C)n(C)c(=O)c3C1)C2. The summed E-state index contributed by atoms with van der Waals surface area (Å²) in [6.45, 7) is 5.73. The Morgan fingerprint density at radius 3 is 2.77 bits per heavy atom. The van der Waals surface area contributed by atoms with Gasteiger partial charge in [-0.25, -0.2) is 9.78 Å². The number of hydrogen-bond acceptors (Lipinski definition) is 5. The highest BCUT2D eigenvalue weighted by atomic mass is 16.4. The molecular formula is C18H23N5O3. The molecule has 0 radical (unpaired) electrons. The number of aromatic nitrogens is 4. The Bertz CT molecular complexity index is 959. The largest absolute Gasteiger partial charge is 0.476 e. The second kappa shape index (κ2) is 6.05. The van der Waals surface area contributed by atoms with Gasteiger partial charge < -0.3 is 5.11 Å². The predicted octanol–water partition coefficient (Wildman–Crippen LogP) is 0.876. The summed E-state index contributed by atoms with van der Waals surface area (Å²) in [5, 5.41) is 13.8. The number of carboxylic acid groups (broad SMARTS) is 1. The van der Waals surface area contributed by atoms with E-state index in [1.807, 2.05) is 18.5 Å². The van der Waals surface area contributed by atoms with Crippen molar-refractivity contribution in [1.29, 1.82) is 0 Å². The zero-order valence-electron chi connectivity index (χ0n) is 15.3. The highest BCUT2D eigenvalue weighted by Crippen LogP contribution is 2.31. The number of nitrogens with zero attached hydrogens (tertiary/aromatic N) is 5. The van der Waals surface area contributed by atoms with Crippen molar-refractivity contribution in [2.45, 2.75) is 58.8 Å². The second-order valence-corrected chi connectivity index (χ2v) is 7.14. The van der Waals surface area contributed by atoms with E-state index in [0.717, 1.165) is 41.2 Å². The van der Waals surface area contributed by atoms with Gasteiger partial charge in [-0.2, -0.15) is 5.10 Å². The highest BCUT2D eigenvalue weighted by Gasteiger charge is 2.35. The first-order valence-electron chi connectivity index (χ1n) is 9.02. The second-order valence-electron chi connectivity index (χ2n) is 7.14. The first-order valence-corrected chi connectivity index (χ1v) is 9.02. The van der Waals surface area contributed by atoms with Crippen molar-refractivity contribution in [3.63, 3.8) is 0 Å². The van der Waals surface area contributed by atoms with Crippen molar-refractivity contribution in [1.82, 2.24) is 24.2 Å². The van der Waals surface area contributed by atoms with Gasteiger partial charge in [0.1, 0.15) is 5.82 Å². The monoisotopic (exact) mass is 357 g/mol. The van der Waals surface area contributed by atoms with Crippen LogP contribution >= 0.6 is 0 Å². The molecule has 8 nitrogen and oxygen atoms in total. The van der Waals surface area contributed by atoms with Crippen LogP contribution in [0.3, 0.4) is 0 Å². The minimum atomic E-state index is -0.968. The lowest BCUT2D eigenvalue weighted by Gasteiger charge is -2.31. The molecule has 8 heteroatoms. The third-order valence-corrected chi connectivity index (χ3v) is 5.75. The molecule has 0 aromatic carbocycles. The fourth-order valence-corrected chi connectivity index (χ4v) is 4.22. The molecule has 0 amide bonds. The molecule has 1 N–H and O–H groups in total. The number of hydrogen-bond donors (Lipinski definition) is 1. The van der Waals surface area contributed by atoms with Gasteiger partial charge in [-0.15, -0.1) is 0 Å². The summed E-state index contributed by atoms with van der Waals surface area (Å²) in [5.41, 5.74) is 3.72. The number of fused-ring (bicyclic) bond motifs is 2.